The summed E-state index contributed by atoms with van der Waals surface area (Å²) in [6.07, 6.45) is 5.60. The van der Waals surface area contributed by atoms with E-state index in [4.69, 9.17) is 0 Å². The van der Waals surface area contributed by atoms with Crippen LogP contribution < -0.4 is 10.2 Å². The lowest BCUT2D eigenvalue weighted by molar-refractivity contribution is 0.524. The first-order chi connectivity index (χ1) is 11.3. The Morgan fingerprint density at radius 3 is 2.91 bits per heavy atom. The van der Waals surface area contributed by atoms with Gasteiger partial charge in [-0.2, -0.15) is 5.10 Å². The molecule has 1 aliphatic heterocycles. The minimum absolute atomic E-state index is 0.509. The molecule has 0 unspecified atom stereocenters. The zero-order chi connectivity index (χ0) is 15.6. The number of hydrogen-bond acceptors (Lipinski definition) is 5. The van der Waals surface area contributed by atoms with Gasteiger partial charge in [0.05, 0.1) is 11.6 Å². The minimum atomic E-state index is 0.509. The van der Waals surface area contributed by atoms with E-state index in [0.29, 0.717) is 6.04 Å². The molecular formula is C17H20N6. The summed E-state index contributed by atoms with van der Waals surface area (Å²) in [5.41, 5.74) is 3.30. The Morgan fingerprint density at radius 1 is 1.22 bits per heavy atom. The van der Waals surface area contributed by atoms with Crippen molar-refractivity contribution in [3.05, 3.63) is 42.4 Å². The number of anilines is 2. The number of benzene rings is 1. The fourth-order valence-corrected chi connectivity index (χ4v) is 3.21. The second-order valence-electron chi connectivity index (χ2n) is 6.10. The van der Waals surface area contributed by atoms with Gasteiger partial charge in [-0.05, 0) is 37.5 Å². The summed E-state index contributed by atoms with van der Waals surface area (Å²) in [5.74, 6) is 0.984. The zero-order valence-corrected chi connectivity index (χ0v) is 13.2. The van der Waals surface area contributed by atoms with Crippen molar-refractivity contribution in [2.45, 2.75) is 25.8 Å². The molecule has 23 heavy (non-hydrogen) atoms. The lowest BCUT2D eigenvalue weighted by atomic mass is 10.0. The molecule has 1 saturated heterocycles. The lowest BCUT2D eigenvalue weighted by Crippen LogP contribution is -2.39. The van der Waals surface area contributed by atoms with Gasteiger partial charge >= 0.3 is 0 Å². The van der Waals surface area contributed by atoms with Crippen LogP contribution in [0.5, 0.6) is 0 Å². The third-order valence-electron chi connectivity index (χ3n) is 4.41. The molecule has 0 radical (unpaired) electrons. The van der Waals surface area contributed by atoms with E-state index in [1.165, 1.54) is 11.3 Å². The second-order valence-corrected chi connectivity index (χ2v) is 6.10. The van der Waals surface area contributed by atoms with Crippen LogP contribution in [-0.2, 0) is 0 Å². The Morgan fingerprint density at radius 2 is 2.09 bits per heavy atom. The molecule has 1 fully saturated rings. The quantitative estimate of drug-likeness (QED) is 0.778. The van der Waals surface area contributed by atoms with Gasteiger partial charge in [0.1, 0.15) is 12.1 Å². The topological polar surface area (TPSA) is 69.7 Å². The van der Waals surface area contributed by atoms with Gasteiger partial charge in [-0.1, -0.05) is 12.1 Å². The summed E-state index contributed by atoms with van der Waals surface area (Å²) in [6.45, 7) is 4.10. The number of nitrogens with zero attached hydrogens (tertiary/aromatic N) is 4. The van der Waals surface area contributed by atoms with Crippen LogP contribution in [-0.4, -0.2) is 39.3 Å². The number of aromatic nitrogens is 4. The van der Waals surface area contributed by atoms with E-state index in [2.05, 4.69) is 61.6 Å². The Kier molecular flexibility index (Phi) is 3.57. The number of fused-ring (bicyclic) bond motifs is 1. The average Bonchev–Trinajstić information content (AvgIpc) is 3.04. The number of piperidine rings is 1. The van der Waals surface area contributed by atoms with Gasteiger partial charge in [0, 0.05) is 24.8 Å². The average molecular weight is 308 g/mol. The first-order valence-electron chi connectivity index (χ1n) is 8.02. The van der Waals surface area contributed by atoms with Crippen LogP contribution in [0.2, 0.25) is 0 Å². The summed E-state index contributed by atoms with van der Waals surface area (Å²) in [6, 6.07) is 9.07. The standard InChI is InChI=1S/C17H20N6/c1-12-3-2-4-14(9-12)21-13-5-7-23(8-6-13)17-15-10-20-22-16(15)18-11-19-17/h2-4,9-11,13,21H,5-8H2,1H3,(H,18,19,20,22). The van der Waals surface area contributed by atoms with Gasteiger partial charge < -0.3 is 10.2 Å². The fourth-order valence-electron chi connectivity index (χ4n) is 3.21. The molecule has 6 heteroatoms. The summed E-state index contributed by atoms with van der Waals surface area (Å²) >= 11 is 0. The minimum Gasteiger partial charge on any atom is -0.382 e. The third-order valence-corrected chi connectivity index (χ3v) is 4.41. The van der Waals surface area contributed by atoms with E-state index < -0.39 is 0 Å². The molecule has 0 amide bonds. The number of aryl methyl sites for hydroxylation is 1. The van der Waals surface area contributed by atoms with Gasteiger partial charge in [-0.3, -0.25) is 5.10 Å². The van der Waals surface area contributed by atoms with Crippen molar-refractivity contribution in [2.75, 3.05) is 23.3 Å². The number of nitrogens with one attached hydrogen (secondary N) is 2. The largest absolute Gasteiger partial charge is 0.382 e. The van der Waals surface area contributed by atoms with Crippen LogP contribution in [0.3, 0.4) is 0 Å². The number of H-pyrrole nitrogens is 1. The van der Waals surface area contributed by atoms with Gasteiger partial charge in [-0.15, -0.1) is 0 Å². The van der Waals surface area contributed by atoms with Crippen molar-refractivity contribution in [2.24, 2.45) is 0 Å². The maximum Gasteiger partial charge on any atom is 0.160 e. The molecule has 0 atom stereocenters. The van der Waals surface area contributed by atoms with E-state index in [9.17, 15) is 0 Å². The smallest absolute Gasteiger partial charge is 0.160 e. The van der Waals surface area contributed by atoms with Crippen LogP contribution in [0.4, 0.5) is 11.5 Å². The molecule has 4 rings (SSSR count). The predicted octanol–water partition coefficient (Wildman–Crippen LogP) is 2.74. The van der Waals surface area contributed by atoms with Crippen molar-refractivity contribution in [1.82, 2.24) is 20.2 Å². The second kappa shape index (κ2) is 5.87. The first-order valence-corrected chi connectivity index (χ1v) is 8.02. The number of hydrogen-bond donors (Lipinski definition) is 2. The molecule has 2 N–H and O–H groups in total. The summed E-state index contributed by atoms with van der Waals surface area (Å²) in [7, 11) is 0. The number of aromatic amines is 1. The van der Waals surface area contributed by atoms with Crippen LogP contribution in [0.25, 0.3) is 11.0 Å². The highest BCUT2D eigenvalue weighted by molar-refractivity contribution is 5.86. The summed E-state index contributed by atoms with van der Waals surface area (Å²) in [4.78, 5) is 11.0. The molecule has 3 heterocycles. The highest BCUT2D eigenvalue weighted by atomic mass is 15.2. The van der Waals surface area contributed by atoms with Crippen molar-refractivity contribution in [3.63, 3.8) is 0 Å². The van der Waals surface area contributed by atoms with Crippen molar-refractivity contribution >= 4 is 22.5 Å². The normalized spacial score (nSPS) is 16.0. The van der Waals surface area contributed by atoms with E-state index >= 15 is 0 Å². The van der Waals surface area contributed by atoms with Gasteiger partial charge in [0.2, 0.25) is 0 Å². The fraction of sp³-hybridized carbons (Fsp3) is 0.353. The molecule has 1 aliphatic rings. The Labute approximate surface area is 135 Å². The monoisotopic (exact) mass is 308 g/mol. The van der Waals surface area contributed by atoms with E-state index in [1.54, 1.807) is 6.33 Å². The SMILES string of the molecule is Cc1cccc(NC2CCN(c3ncnc4[nH]ncc34)CC2)c1. The maximum absolute atomic E-state index is 4.46. The van der Waals surface area contributed by atoms with Gasteiger partial charge in [0.15, 0.2) is 5.65 Å². The molecule has 0 saturated carbocycles. The molecule has 0 aliphatic carbocycles. The van der Waals surface area contributed by atoms with E-state index in [0.717, 1.165) is 42.8 Å². The van der Waals surface area contributed by atoms with Crippen molar-refractivity contribution in [3.8, 4) is 0 Å². The molecule has 6 nitrogen and oxygen atoms in total. The van der Waals surface area contributed by atoms with Gasteiger partial charge in [-0.25, -0.2) is 9.97 Å². The van der Waals surface area contributed by atoms with Crippen LogP contribution >= 0.6 is 0 Å². The van der Waals surface area contributed by atoms with Gasteiger partial charge in [0.25, 0.3) is 0 Å². The molecule has 2 aromatic heterocycles. The summed E-state index contributed by atoms with van der Waals surface area (Å²) in [5, 5.41) is 11.6. The first kappa shape index (κ1) is 14.0. The predicted molar refractivity (Wildman–Crippen MR) is 91.7 cm³/mol. The molecule has 3 aromatic rings. The van der Waals surface area contributed by atoms with E-state index in [1.807, 2.05) is 6.20 Å². The molecule has 0 spiro atoms. The Hall–Kier alpha value is -2.63. The molecule has 0 bridgehead atoms. The third kappa shape index (κ3) is 2.84. The van der Waals surface area contributed by atoms with Crippen LogP contribution in [0.15, 0.2) is 36.8 Å². The molecule has 118 valence electrons. The Bertz CT molecular complexity index is 803. The summed E-state index contributed by atoms with van der Waals surface area (Å²) < 4.78 is 0. The maximum atomic E-state index is 4.46. The Balaban J connectivity index is 1.44. The lowest BCUT2D eigenvalue weighted by Gasteiger charge is -2.33. The molecular weight excluding hydrogens is 288 g/mol. The van der Waals surface area contributed by atoms with Crippen molar-refractivity contribution in [1.29, 1.82) is 0 Å². The molecule has 1 aromatic carbocycles. The van der Waals surface area contributed by atoms with E-state index in [-0.39, 0.29) is 0 Å². The highest BCUT2D eigenvalue weighted by Crippen LogP contribution is 2.25. The zero-order valence-electron chi connectivity index (χ0n) is 13.2. The highest BCUT2D eigenvalue weighted by Gasteiger charge is 2.22. The van der Waals surface area contributed by atoms with Crippen molar-refractivity contribution < 1.29 is 0 Å². The number of rotatable bonds is 3. The van der Waals surface area contributed by atoms with Crippen LogP contribution in [0, 0.1) is 6.92 Å². The van der Waals surface area contributed by atoms with Crippen LogP contribution in [0.1, 0.15) is 18.4 Å².